The first-order valence-electron chi connectivity index (χ1n) is 12.8. The summed E-state index contributed by atoms with van der Waals surface area (Å²) >= 11 is 3.33. The minimum absolute atomic E-state index is 0.0102. The first-order valence-corrected chi connectivity index (χ1v) is 13.6. The molecule has 1 aromatic carbocycles. The smallest absolute Gasteiger partial charge is 0.248 e. The summed E-state index contributed by atoms with van der Waals surface area (Å²) in [7, 11) is 0. The topological polar surface area (TPSA) is 123 Å². The van der Waals surface area contributed by atoms with E-state index in [4.69, 9.17) is 0 Å². The molecule has 6 rings (SSSR count). The number of Topliss-reactive ketones (excluding diaryl/α,β-unsaturated/α-hetero) is 1. The molecule has 10 nitrogen and oxygen atoms in total. The van der Waals surface area contributed by atoms with E-state index in [2.05, 4.69) is 41.3 Å². The molecule has 2 amide bonds. The van der Waals surface area contributed by atoms with Gasteiger partial charge in [-0.3, -0.25) is 19.1 Å². The predicted molar refractivity (Wildman–Crippen MR) is 148 cm³/mol. The number of hydrogen-bond acceptors (Lipinski definition) is 7. The van der Waals surface area contributed by atoms with Crippen molar-refractivity contribution in [1.82, 2.24) is 29.6 Å². The van der Waals surface area contributed by atoms with Crippen LogP contribution >= 0.6 is 15.9 Å². The van der Waals surface area contributed by atoms with Crippen molar-refractivity contribution in [1.29, 1.82) is 0 Å². The Kier molecular flexibility index (Phi) is 6.46. The SMILES string of the molecule is CC(=O)c1nn(CC(=O)N2C3CCC(C3)[C@H]2C(=O)Nc2cccc(Br)n2)c2ccc(-c3cnc(C)nc3)cc12. The summed E-state index contributed by atoms with van der Waals surface area (Å²) < 4.78 is 2.19. The van der Waals surface area contributed by atoms with Crippen LogP contribution in [0.15, 0.2) is 53.4 Å². The number of carbonyl (C=O) groups is 3. The van der Waals surface area contributed by atoms with Gasteiger partial charge in [-0.1, -0.05) is 12.1 Å². The first-order chi connectivity index (χ1) is 18.8. The minimum Gasteiger partial charge on any atom is -0.326 e. The van der Waals surface area contributed by atoms with E-state index in [9.17, 15) is 14.4 Å². The van der Waals surface area contributed by atoms with Crippen molar-refractivity contribution in [2.75, 3.05) is 5.32 Å². The van der Waals surface area contributed by atoms with Gasteiger partial charge >= 0.3 is 0 Å². The third-order valence-electron chi connectivity index (χ3n) is 7.59. The van der Waals surface area contributed by atoms with Crippen LogP contribution < -0.4 is 5.32 Å². The standard InChI is InChI=1S/C28H26BrN7O3/c1-15(37)26-21-11-17(19-12-30-16(2)31-13-19)7-9-22(21)35(34-26)14-25(38)36-20-8-6-18(10-20)27(36)28(39)33-24-5-3-4-23(29)32-24/h3-5,7,9,11-13,18,20,27H,6,8,10,14H2,1-2H3,(H,32,33,39)/t18?,20?,27-/m0/s1. The molecule has 11 heteroatoms. The molecule has 2 fully saturated rings. The van der Waals surface area contributed by atoms with Crippen LogP contribution in [0, 0.1) is 12.8 Å². The molecule has 198 valence electrons. The molecule has 2 bridgehead atoms. The molecule has 3 aromatic heterocycles. The van der Waals surface area contributed by atoms with Gasteiger partial charge in [0, 0.05) is 36.3 Å². The summed E-state index contributed by atoms with van der Waals surface area (Å²) in [6.45, 7) is 3.21. The van der Waals surface area contributed by atoms with E-state index < -0.39 is 6.04 Å². The molecular weight excluding hydrogens is 562 g/mol. The minimum atomic E-state index is -0.570. The number of fused-ring (bicyclic) bond motifs is 3. The first kappa shape index (κ1) is 25.3. The van der Waals surface area contributed by atoms with Crippen LogP contribution in [0.4, 0.5) is 5.82 Å². The highest BCUT2D eigenvalue weighted by Crippen LogP contribution is 2.43. The molecule has 3 atom stereocenters. The molecule has 2 aliphatic rings. The fraction of sp³-hybridized carbons (Fsp3) is 0.321. The Bertz CT molecular complexity index is 1620. The largest absolute Gasteiger partial charge is 0.326 e. The van der Waals surface area contributed by atoms with Gasteiger partial charge in [0.1, 0.15) is 34.5 Å². The number of aromatic nitrogens is 5. The normalized spacial score (nSPS) is 20.0. The molecule has 1 aliphatic carbocycles. The van der Waals surface area contributed by atoms with Gasteiger partial charge in [0.2, 0.25) is 11.8 Å². The van der Waals surface area contributed by atoms with Crippen LogP contribution in [0.5, 0.6) is 0 Å². The quantitative estimate of drug-likeness (QED) is 0.265. The molecule has 1 aliphatic heterocycles. The second kappa shape index (κ2) is 9.96. The number of anilines is 1. The summed E-state index contributed by atoms with van der Waals surface area (Å²) in [6.07, 6.45) is 6.06. The maximum absolute atomic E-state index is 13.7. The number of hydrogen-bond donors (Lipinski definition) is 1. The van der Waals surface area contributed by atoms with Crippen LogP contribution in [-0.4, -0.2) is 59.3 Å². The van der Waals surface area contributed by atoms with Crippen molar-refractivity contribution in [3.05, 3.63) is 64.9 Å². The zero-order valence-corrected chi connectivity index (χ0v) is 23.1. The Morgan fingerprint density at radius 3 is 2.62 bits per heavy atom. The number of aryl methyl sites for hydroxylation is 1. The fourth-order valence-electron chi connectivity index (χ4n) is 5.85. The van der Waals surface area contributed by atoms with Crippen LogP contribution in [-0.2, 0) is 16.1 Å². The number of benzene rings is 1. The van der Waals surface area contributed by atoms with Gasteiger partial charge < -0.3 is 10.2 Å². The highest BCUT2D eigenvalue weighted by molar-refractivity contribution is 9.10. The highest BCUT2D eigenvalue weighted by atomic mass is 79.9. The Balaban J connectivity index is 1.29. The van der Waals surface area contributed by atoms with Crippen LogP contribution in [0.1, 0.15) is 42.5 Å². The summed E-state index contributed by atoms with van der Waals surface area (Å²) in [5, 5.41) is 8.07. The lowest BCUT2D eigenvalue weighted by molar-refractivity contribution is -0.141. The van der Waals surface area contributed by atoms with Crippen molar-refractivity contribution in [3.63, 3.8) is 0 Å². The maximum atomic E-state index is 13.7. The Labute approximate surface area is 233 Å². The van der Waals surface area contributed by atoms with Gasteiger partial charge in [-0.2, -0.15) is 5.10 Å². The van der Waals surface area contributed by atoms with E-state index in [0.29, 0.717) is 32.8 Å². The van der Waals surface area contributed by atoms with Crippen LogP contribution in [0.3, 0.4) is 0 Å². The lowest BCUT2D eigenvalue weighted by Gasteiger charge is -2.34. The Hall–Kier alpha value is -3.99. The molecule has 1 saturated heterocycles. The zero-order chi connectivity index (χ0) is 27.3. The molecule has 4 heterocycles. The van der Waals surface area contributed by atoms with Gasteiger partial charge in [-0.15, -0.1) is 0 Å². The lowest BCUT2D eigenvalue weighted by atomic mass is 9.97. The Morgan fingerprint density at radius 2 is 1.87 bits per heavy atom. The van der Waals surface area contributed by atoms with Crippen molar-refractivity contribution in [3.8, 4) is 11.1 Å². The van der Waals surface area contributed by atoms with E-state index in [1.807, 2.05) is 25.1 Å². The average Bonchev–Trinajstić information content (AvgIpc) is 3.62. The molecule has 4 aromatic rings. The molecule has 39 heavy (non-hydrogen) atoms. The zero-order valence-electron chi connectivity index (χ0n) is 21.5. The summed E-state index contributed by atoms with van der Waals surface area (Å²) in [6, 6.07) is 10.4. The molecular formula is C28H26BrN7O3. The van der Waals surface area contributed by atoms with Gasteiger partial charge in [0.25, 0.3) is 0 Å². The highest BCUT2D eigenvalue weighted by Gasteiger charge is 2.51. The van der Waals surface area contributed by atoms with Crippen molar-refractivity contribution >= 4 is 50.2 Å². The second-order valence-electron chi connectivity index (χ2n) is 10.1. The van der Waals surface area contributed by atoms with Gasteiger partial charge in [-0.25, -0.2) is 15.0 Å². The number of rotatable bonds is 6. The molecule has 1 saturated carbocycles. The van der Waals surface area contributed by atoms with Crippen LogP contribution in [0.25, 0.3) is 22.0 Å². The van der Waals surface area contributed by atoms with E-state index in [1.165, 1.54) is 6.92 Å². The number of nitrogens with one attached hydrogen (secondary N) is 1. The van der Waals surface area contributed by atoms with E-state index in [0.717, 1.165) is 30.4 Å². The van der Waals surface area contributed by atoms with Crippen molar-refractivity contribution in [2.24, 2.45) is 5.92 Å². The number of amides is 2. The van der Waals surface area contributed by atoms with Gasteiger partial charge in [0.15, 0.2) is 5.78 Å². The summed E-state index contributed by atoms with van der Waals surface area (Å²) in [5.41, 5.74) is 2.65. The van der Waals surface area contributed by atoms with Crippen LogP contribution in [0.2, 0.25) is 0 Å². The lowest BCUT2D eigenvalue weighted by Crippen LogP contribution is -2.52. The molecule has 0 radical (unpaired) electrons. The number of carbonyl (C=O) groups excluding carboxylic acids is 3. The number of nitrogens with zero attached hydrogens (tertiary/aromatic N) is 6. The predicted octanol–water partition coefficient (Wildman–Crippen LogP) is 4.18. The van der Waals surface area contributed by atoms with Crippen molar-refractivity contribution < 1.29 is 14.4 Å². The number of piperidine rings is 1. The molecule has 2 unspecified atom stereocenters. The van der Waals surface area contributed by atoms with Gasteiger partial charge in [0.05, 0.1) is 5.52 Å². The maximum Gasteiger partial charge on any atom is 0.248 e. The number of ketones is 1. The fourth-order valence-corrected chi connectivity index (χ4v) is 6.20. The van der Waals surface area contributed by atoms with Gasteiger partial charge in [-0.05, 0) is 77.9 Å². The van der Waals surface area contributed by atoms with Crippen molar-refractivity contribution in [2.45, 2.75) is 51.7 Å². The summed E-state index contributed by atoms with van der Waals surface area (Å²) in [5.74, 6) is 0.588. The molecule has 0 spiro atoms. The van der Waals surface area contributed by atoms with E-state index in [1.54, 1.807) is 40.2 Å². The number of pyridine rings is 1. The van der Waals surface area contributed by atoms with E-state index in [-0.39, 0.29) is 36.1 Å². The Morgan fingerprint density at radius 1 is 1.08 bits per heavy atom. The molecule has 1 N–H and O–H groups in total. The average molecular weight is 588 g/mol. The number of likely N-dealkylation sites (tertiary alicyclic amines) is 1. The van der Waals surface area contributed by atoms with E-state index >= 15 is 0 Å². The summed E-state index contributed by atoms with van der Waals surface area (Å²) in [4.78, 5) is 54.1. The monoisotopic (exact) mass is 587 g/mol. The third-order valence-corrected chi connectivity index (χ3v) is 8.03. The number of halogens is 1. The second-order valence-corrected chi connectivity index (χ2v) is 10.9. The third kappa shape index (κ3) is 4.71.